The number of carbonyl (C=O) groups excluding carboxylic acids is 1. The van der Waals surface area contributed by atoms with Gasteiger partial charge in [0.15, 0.2) is 11.5 Å². The highest BCUT2D eigenvalue weighted by molar-refractivity contribution is 6.30. The topological polar surface area (TPSA) is 85.3 Å². The number of nitrogens with zero attached hydrogens (tertiary/aromatic N) is 3. The molecule has 6 nitrogen and oxygen atoms in total. The minimum atomic E-state index is -0.623. The summed E-state index contributed by atoms with van der Waals surface area (Å²) in [6.07, 6.45) is 1.61. The number of hydrogen-bond acceptors (Lipinski definition) is 4. The van der Waals surface area contributed by atoms with Crippen LogP contribution in [0, 0.1) is 0 Å². The molecule has 0 fully saturated rings. The second kappa shape index (κ2) is 6.90. The zero-order valence-corrected chi connectivity index (χ0v) is 15.4. The van der Waals surface area contributed by atoms with E-state index in [1.54, 1.807) is 53.2 Å². The van der Waals surface area contributed by atoms with E-state index >= 15 is 0 Å². The molecule has 0 aliphatic rings. The van der Waals surface area contributed by atoms with Gasteiger partial charge in [-0.1, -0.05) is 35.3 Å². The van der Waals surface area contributed by atoms with Crippen molar-refractivity contribution < 1.29 is 4.79 Å². The average molecular weight is 398 g/mol. The van der Waals surface area contributed by atoms with Gasteiger partial charge in [0.2, 0.25) is 0 Å². The Kier molecular flexibility index (Phi) is 4.43. The lowest BCUT2D eigenvalue weighted by Crippen LogP contribution is -2.13. The average Bonchev–Trinajstić information content (AvgIpc) is 3.02. The van der Waals surface area contributed by atoms with Crippen molar-refractivity contribution in [1.82, 2.24) is 14.6 Å². The Morgan fingerprint density at radius 3 is 2.22 bits per heavy atom. The second-order valence-corrected chi connectivity index (χ2v) is 6.67. The van der Waals surface area contributed by atoms with Gasteiger partial charge in [-0.25, -0.2) is 9.50 Å². The predicted molar refractivity (Wildman–Crippen MR) is 107 cm³/mol. The number of fused-ring (bicyclic) bond motifs is 1. The zero-order valence-electron chi connectivity index (χ0n) is 13.9. The van der Waals surface area contributed by atoms with E-state index in [0.717, 1.165) is 16.9 Å². The van der Waals surface area contributed by atoms with E-state index in [4.69, 9.17) is 28.9 Å². The number of primary amides is 1. The van der Waals surface area contributed by atoms with Crippen LogP contribution in [0.3, 0.4) is 0 Å². The first-order valence-corrected chi connectivity index (χ1v) is 8.74. The molecule has 2 heterocycles. The van der Waals surface area contributed by atoms with Crippen LogP contribution >= 0.6 is 23.2 Å². The van der Waals surface area contributed by atoms with E-state index in [-0.39, 0.29) is 5.56 Å². The number of benzene rings is 2. The molecule has 134 valence electrons. The Labute approximate surface area is 164 Å². The van der Waals surface area contributed by atoms with Gasteiger partial charge in [0.05, 0.1) is 5.69 Å². The van der Waals surface area contributed by atoms with Crippen LogP contribution in [0.15, 0.2) is 60.8 Å². The molecule has 2 aromatic heterocycles. The summed E-state index contributed by atoms with van der Waals surface area (Å²) in [6, 6.07) is 16.2. The van der Waals surface area contributed by atoms with Gasteiger partial charge in [-0.3, -0.25) is 4.79 Å². The molecule has 0 radical (unpaired) electrons. The molecule has 3 N–H and O–H groups in total. The smallest absolute Gasteiger partial charge is 0.256 e. The zero-order chi connectivity index (χ0) is 19.0. The lowest BCUT2D eigenvalue weighted by Gasteiger charge is -2.04. The fourth-order valence-corrected chi connectivity index (χ4v) is 3.02. The molecule has 0 bridgehead atoms. The Bertz CT molecular complexity index is 1140. The number of amides is 1. The molecular weight excluding hydrogens is 385 g/mol. The maximum Gasteiger partial charge on any atom is 0.256 e. The maximum atomic E-state index is 12.1. The molecule has 0 saturated carbocycles. The Balaban J connectivity index is 1.88. The van der Waals surface area contributed by atoms with Crippen LogP contribution in [0.5, 0.6) is 0 Å². The van der Waals surface area contributed by atoms with Crippen LogP contribution in [-0.2, 0) is 0 Å². The first-order valence-electron chi connectivity index (χ1n) is 7.99. The van der Waals surface area contributed by atoms with Gasteiger partial charge in [0, 0.05) is 27.5 Å². The standard InChI is InChI=1S/C19H13Cl2N5O/c20-12-3-1-11(2-4-12)15-9-10-23-19-16(17(22)27)18(25-26(15)19)24-14-7-5-13(21)6-8-14/h1-10H,(H2,22,27)(H,24,25). The van der Waals surface area contributed by atoms with Crippen LogP contribution in [0.2, 0.25) is 10.0 Å². The first-order chi connectivity index (χ1) is 13.0. The van der Waals surface area contributed by atoms with Gasteiger partial charge in [-0.15, -0.1) is 5.10 Å². The second-order valence-electron chi connectivity index (χ2n) is 5.79. The summed E-state index contributed by atoms with van der Waals surface area (Å²) >= 11 is 11.9. The normalized spacial score (nSPS) is 10.9. The molecule has 2 aromatic carbocycles. The fourth-order valence-electron chi connectivity index (χ4n) is 2.77. The van der Waals surface area contributed by atoms with Gasteiger partial charge in [-0.2, -0.15) is 0 Å². The van der Waals surface area contributed by atoms with Gasteiger partial charge in [0.25, 0.3) is 5.91 Å². The van der Waals surface area contributed by atoms with E-state index < -0.39 is 5.91 Å². The highest BCUT2D eigenvalue weighted by Crippen LogP contribution is 2.28. The Morgan fingerprint density at radius 1 is 0.963 bits per heavy atom. The van der Waals surface area contributed by atoms with Crippen molar-refractivity contribution in [3.63, 3.8) is 0 Å². The molecule has 0 saturated heterocycles. The van der Waals surface area contributed by atoms with Crippen molar-refractivity contribution in [3.05, 3.63) is 76.4 Å². The predicted octanol–water partition coefficient (Wildman–Crippen LogP) is 4.55. The number of nitrogens with one attached hydrogen (secondary N) is 1. The van der Waals surface area contributed by atoms with Crippen LogP contribution in [-0.4, -0.2) is 20.5 Å². The third-order valence-electron chi connectivity index (χ3n) is 4.01. The highest BCUT2D eigenvalue weighted by atomic mass is 35.5. The summed E-state index contributed by atoms with van der Waals surface area (Å²) in [4.78, 5) is 16.4. The molecule has 0 spiro atoms. The molecule has 27 heavy (non-hydrogen) atoms. The van der Waals surface area contributed by atoms with Crippen LogP contribution < -0.4 is 11.1 Å². The molecule has 8 heteroatoms. The molecule has 0 atom stereocenters. The molecule has 1 amide bonds. The third kappa shape index (κ3) is 3.32. The summed E-state index contributed by atoms with van der Waals surface area (Å²) < 4.78 is 1.58. The third-order valence-corrected chi connectivity index (χ3v) is 4.52. The fraction of sp³-hybridized carbons (Fsp3) is 0. The van der Waals surface area contributed by atoms with E-state index in [9.17, 15) is 4.79 Å². The number of aromatic nitrogens is 3. The van der Waals surface area contributed by atoms with E-state index in [2.05, 4.69) is 15.4 Å². The lowest BCUT2D eigenvalue weighted by atomic mass is 10.1. The van der Waals surface area contributed by atoms with Crippen molar-refractivity contribution in [1.29, 1.82) is 0 Å². The van der Waals surface area contributed by atoms with Crippen LogP contribution in [0.1, 0.15) is 10.4 Å². The van der Waals surface area contributed by atoms with E-state index in [1.807, 2.05) is 12.1 Å². The number of hydrogen-bond donors (Lipinski definition) is 2. The minimum Gasteiger partial charge on any atom is -0.365 e. The van der Waals surface area contributed by atoms with Gasteiger partial charge in [-0.05, 0) is 42.5 Å². The molecule has 0 aliphatic heterocycles. The number of nitrogens with two attached hydrogens (primary N) is 1. The summed E-state index contributed by atoms with van der Waals surface area (Å²) in [6.45, 7) is 0. The molecule has 0 unspecified atom stereocenters. The Hall–Kier alpha value is -3.09. The van der Waals surface area contributed by atoms with Crippen molar-refractivity contribution in [2.24, 2.45) is 5.73 Å². The SMILES string of the molecule is NC(=O)c1c(Nc2ccc(Cl)cc2)nn2c(-c3ccc(Cl)cc3)ccnc12. The summed E-state index contributed by atoms with van der Waals surface area (Å²) in [7, 11) is 0. The van der Waals surface area contributed by atoms with Gasteiger partial charge >= 0.3 is 0 Å². The number of anilines is 2. The number of carbonyl (C=O) groups is 1. The molecule has 4 aromatic rings. The summed E-state index contributed by atoms with van der Waals surface area (Å²) in [5.74, 6) is -0.305. The highest BCUT2D eigenvalue weighted by Gasteiger charge is 2.21. The summed E-state index contributed by atoms with van der Waals surface area (Å²) in [5.41, 5.74) is 8.53. The minimum absolute atomic E-state index is 0.209. The quantitative estimate of drug-likeness (QED) is 0.528. The first kappa shape index (κ1) is 17.3. The van der Waals surface area contributed by atoms with Crippen LogP contribution in [0.4, 0.5) is 11.5 Å². The monoisotopic (exact) mass is 397 g/mol. The van der Waals surface area contributed by atoms with E-state index in [1.165, 1.54) is 0 Å². The summed E-state index contributed by atoms with van der Waals surface area (Å²) in [5, 5.41) is 8.87. The van der Waals surface area contributed by atoms with Crippen molar-refractivity contribution >= 4 is 46.3 Å². The van der Waals surface area contributed by atoms with E-state index in [0.29, 0.717) is 21.5 Å². The lowest BCUT2D eigenvalue weighted by molar-refractivity contribution is 0.100. The van der Waals surface area contributed by atoms with Gasteiger partial charge in [0.1, 0.15) is 5.56 Å². The molecular formula is C19H13Cl2N5O. The molecule has 4 rings (SSSR count). The van der Waals surface area contributed by atoms with Gasteiger partial charge < -0.3 is 11.1 Å². The maximum absolute atomic E-state index is 12.1. The van der Waals surface area contributed by atoms with Crippen molar-refractivity contribution in [3.8, 4) is 11.3 Å². The molecule has 0 aliphatic carbocycles. The largest absolute Gasteiger partial charge is 0.365 e. The van der Waals surface area contributed by atoms with Crippen molar-refractivity contribution in [2.75, 3.05) is 5.32 Å². The Morgan fingerprint density at radius 2 is 1.59 bits per heavy atom. The van der Waals surface area contributed by atoms with Crippen molar-refractivity contribution in [2.45, 2.75) is 0 Å². The number of rotatable bonds is 4. The number of halogens is 2. The van der Waals surface area contributed by atoms with Crippen LogP contribution in [0.25, 0.3) is 16.9 Å².